The number of hydrogen-bond donors (Lipinski definition) is 2. The molecule has 0 spiro atoms. The van der Waals surface area contributed by atoms with Crippen LogP contribution in [0.1, 0.15) is 11.1 Å². The van der Waals surface area contributed by atoms with Gasteiger partial charge in [0.25, 0.3) is 5.69 Å². The molecule has 0 aliphatic heterocycles. The topological polar surface area (TPSA) is 80.2 Å². The number of alkyl halides is 4. The number of hydrogen-bond acceptors (Lipinski definition) is 4. The van der Waals surface area contributed by atoms with Crippen molar-refractivity contribution in [3.63, 3.8) is 0 Å². The zero-order valence-corrected chi connectivity index (χ0v) is 15.7. The third-order valence-corrected chi connectivity index (χ3v) is 4.53. The number of non-ortho nitro benzene ring substituents is 1. The molecule has 0 amide bonds. The van der Waals surface area contributed by atoms with E-state index in [1.807, 2.05) is 6.07 Å². The van der Waals surface area contributed by atoms with Crippen LogP contribution < -0.4 is 10.1 Å². The number of nitro groups is 1. The molecule has 0 radical (unpaired) electrons. The lowest BCUT2D eigenvalue weighted by molar-refractivity contribution is -0.383. The van der Waals surface area contributed by atoms with Crippen LogP contribution in [-0.2, 0) is 13.0 Å². The van der Waals surface area contributed by atoms with Crippen molar-refractivity contribution in [3.05, 3.63) is 69.9 Å². The van der Waals surface area contributed by atoms with Gasteiger partial charge in [-0.25, -0.2) is 8.78 Å². The minimum absolute atomic E-state index is 0.0148. The maximum Gasteiger partial charge on any atom is 0.340 e. The minimum atomic E-state index is -4.21. The first-order chi connectivity index (χ1) is 14.3. The molecule has 0 aliphatic carbocycles. The number of aromatic amines is 1. The van der Waals surface area contributed by atoms with Crippen molar-refractivity contribution in [1.29, 1.82) is 0 Å². The lowest BCUT2D eigenvalue weighted by Crippen LogP contribution is -2.33. The van der Waals surface area contributed by atoms with Crippen molar-refractivity contribution < 1.29 is 27.2 Å². The minimum Gasteiger partial charge on any atom is -0.487 e. The fraction of sp³-hybridized carbons (Fsp3) is 0.300. The van der Waals surface area contributed by atoms with E-state index in [0.29, 0.717) is 25.0 Å². The maximum atomic E-state index is 13.0. The van der Waals surface area contributed by atoms with Gasteiger partial charge in [0.05, 0.1) is 4.92 Å². The molecule has 160 valence electrons. The molecule has 3 aromatic rings. The Labute approximate surface area is 169 Å². The Hall–Kier alpha value is -3.14. The van der Waals surface area contributed by atoms with Crippen molar-refractivity contribution in [2.45, 2.75) is 25.3 Å². The van der Waals surface area contributed by atoms with Gasteiger partial charge in [0.2, 0.25) is 0 Å². The number of halogens is 4. The van der Waals surface area contributed by atoms with E-state index >= 15 is 0 Å². The Bertz CT molecular complexity index is 1020. The average Bonchev–Trinajstić information content (AvgIpc) is 3.13. The van der Waals surface area contributed by atoms with E-state index in [9.17, 15) is 27.7 Å². The Morgan fingerprint density at radius 1 is 1.20 bits per heavy atom. The van der Waals surface area contributed by atoms with E-state index in [-0.39, 0.29) is 11.4 Å². The molecular weight excluding hydrogens is 406 g/mol. The predicted octanol–water partition coefficient (Wildman–Crippen LogP) is 4.69. The highest BCUT2D eigenvalue weighted by Gasteiger charge is 2.41. The standard InChI is InChI=1S/C20H19F4N3O3/c21-19(22)20(23,24)12-30-15-4-1-3-13(9-15)10-25-8-7-14-11-26-18-16(14)5-2-6-17(18)27(28)29/h1-6,9,11,19,25-26H,7-8,10,12H2. The second kappa shape index (κ2) is 9.12. The number of nitrogens with one attached hydrogen (secondary N) is 2. The molecule has 0 saturated heterocycles. The number of rotatable bonds is 10. The third-order valence-electron chi connectivity index (χ3n) is 4.53. The van der Waals surface area contributed by atoms with Crippen LogP contribution >= 0.6 is 0 Å². The molecule has 0 atom stereocenters. The molecule has 6 nitrogen and oxygen atoms in total. The van der Waals surface area contributed by atoms with E-state index in [1.165, 1.54) is 18.2 Å². The Balaban J connectivity index is 1.53. The summed E-state index contributed by atoms with van der Waals surface area (Å²) >= 11 is 0. The summed E-state index contributed by atoms with van der Waals surface area (Å²) in [5.74, 6) is -4.12. The highest BCUT2D eigenvalue weighted by molar-refractivity contribution is 5.90. The van der Waals surface area contributed by atoms with E-state index in [4.69, 9.17) is 4.74 Å². The lowest BCUT2D eigenvalue weighted by atomic mass is 10.1. The Morgan fingerprint density at radius 2 is 1.97 bits per heavy atom. The second-order valence-corrected chi connectivity index (χ2v) is 6.70. The average molecular weight is 425 g/mol. The highest BCUT2D eigenvalue weighted by Crippen LogP contribution is 2.27. The molecule has 30 heavy (non-hydrogen) atoms. The summed E-state index contributed by atoms with van der Waals surface area (Å²) in [5, 5.41) is 15.1. The molecule has 0 unspecified atom stereocenters. The highest BCUT2D eigenvalue weighted by atomic mass is 19.3. The molecule has 1 aromatic heterocycles. The van der Waals surface area contributed by atoms with Crippen molar-refractivity contribution in [1.82, 2.24) is 10.3 Å². The van der Waals surface area contributed by atoms with Gasteiger partial charge in [-0.1, -0.05) is 24.3 Å². The zero-order chi connectivity index (χ0) is 21.7. The number of nitro benzene ring substituents is 1. The number of H-pyrrole nitrogens is 1. The van der Waals surface area contributed by atoms with Gasteiger partial charge in [-0.3, -0.25) is 10.1 Å². The van der Waals surface area contributed by atoms with Gasteiger partial charge in [-0.15, -0.1) is 0 Å². The van der Waals surface area contributed by atoms with Crippen molar-refractivity contribution in [3.8, 4) is 5.75 Å². The smallest absolute Gasteiger partial charge is 0.340 e. The predicted molar refractivity (Wildman–Crippen MR) is 103 cm³/mol. The van der Waals surface area contributed by atoms with Crippen LogP contribution in [0.25, 0.3) is 10.9 Å². The molecule has 3 rings (SSSR count). The monoisotopic (exact) mass is 425 g/mol. The van der Waals surface area contributed by atoms with Crippen LogP contribution in [0.2, 0.25) is 0 Å². The lowest BCUT2D eigenvalue weighted by Gasteiger charge is -2.16. The van der Waals surface area contributed by atoms with Gasteiger partial charge < -0.3 is 15.0 Å². The van der Waals surface area contributed by atoms with Crippen LogP contribution in [0.3, 0.4) is 0 Å². The SMILES string of the molecule is O=[N+]([O-])c1cccc2c(CCNCc3cccc(OCC(F)(F)C(F)F)c3)c[nH]c12. The maximum absolute atomic E-state index is 13.0. The number of aromatic nitrogens is 1. The number of benzene rings is 2. The number of ether oxygens (including phenoxy) is 1. The van der Waals surface area contributed by atoms with Gasteiger partial charge in [0.1, 0.15) is 11.3 Å². The Morgan fingerprint density at radius 3 is 2.70 bits per heavy atom. The van der Waals surface area contributed by atoms with E-state index in [2.05, 4.69) is 10.3 Å². The largest absolute Gasteiger partial charge is 0.487 e. The summed E-state index contributed by atoms with van der Waals surface area (Å²) in [6, 6.07) is 11.1. The van der Waals surface area contributed by atoms with Gasteiger partial charge in [0.15, 0.2) is 6.61 Å². The fourth-order valence-electron chi connectivity index (χ4n) is 3.00. The Kier molecular flexibility index (Phi) is 6.56. The van der Waals surface area contributed by atoms with Crippen molar-refractivity contribution in [2.75, 3.05) is 13.2 Å². The summed E-state index contributed by atoms with van der Waals surface area (Å²) in [4.78, 5) is 13.6. The van der Waals surface area contributed by atoms with Crippen molar-refractivity contribution in [2.24, 2.45) is 0 Å². The molecule has 0 bridgehead atoms. The third kappa shape index (κ3) is 5.07. The number of nitrogens with zero attached hydrogens (tertiary/aromatic N) is 1. The van der Waals surface area contributed by atoms with E-state index in [1.54, 1.807) is 24.4 Å². The van der Waals surface area contributed by atoms with Crippen LogP contribution in [0.4, 0.5) is 23.2 Å². The van der Waals surface area contributed by atoms with E-state index < -0.39 is 23.9 Å². The molecular formula is C20H19F4N3O3. The summed E-state index contributed by atoms with van der Waals surface area (Å²) in [5.41, 5.74) is 2.15. The van der Waals surface area contributed by atoms with Crippen LogP contribution in [0.15, 0.2) is 48.7 Å². The number of para-hydroxylation sites is 1. The van der Waals surface area contributed by atoms with Crippen LogP contribution in [0.5, 0.6) is 5.75 Å². The van der Waals surface area contributed by atoms with E-state index in [0.717, 1.165) is 16.5 Å². The summed E-state index contributed by atoms with van der Waals surface area (Å²) in [7, 11) is 0. The summed E-state index contributed by atoms with van der Waals surface area (Å²) in [6.45, 7) is -0.427. The normalized spacial score (nSPS) is 11.9. The van der Waals surface area contributed by atoms with Gasteiger partial charge in [0, 0.05) is 24.2 Å². The fourth-order valence-corrected chi connectivity index (χ4v) is 3.00. The molecule has 2 N–H and O–H groups in total. The van der Waals surface area contributed by atoms with Gasteiger partial charge >= 0.3 is 12.3 Å². The molecule has 0 fully saturated rings. The first-order valence-electron chi connectivity index (χ1n) is 9.10. The first kappa shape index (κ1) is 21.6. The van der Waals surface area contributed by atoms with Crippen LogP contribution in [0, 0.1) is 10.1 Å². The molecule has 2 aromatic carbocycles. The molecule has 1 heterocycles. The first-order valence-corrected chi connectivity index (χ1v) is 9.10. The molecule has 0 saturated carbocycles. The zero-order valence-electron chi connectivity index (χ0n) is 15.7. The van der Waals surface area contributed by atoms with Crippen molar-refractivity contribution >= 4 is 16.6 Å². The summed E-state index contributed by atoms with van der Waals surface area (Å²) in [6.07, 6.45) is -1.44. The number of fused-ring (bicyclic) bond motifs is 1. The molecule has 0 aliphatic rings. The summed E-state index contributed by atoms with van der Waals surface area (Å²) < 4.78 is 55.1. The van der Waals surface area contributed by atoms with Gasteiger partial charge in [-0.2, -0.15) is 8.78 Å². The van der Waals surface area contributed by atoms with Gasteiger partial charge in [-0.05, 0) is 36.2 Å². The molecule has 10 heteroatoms. The quantitative estimate of drug-likeness (QED) is 0.214. The van der Waals surface area contributed by atoms with Crippen LogP contribution in [-0.4, -0.2) is 35.4 Å². The second-order valence-electron chi connectivity index (χ2n) is 6.70.